The fourth-order valence-corrected chi connectivity index (χ4v) is 11.1. The molecule has 0 nitrogen and oxygen atoms in total. The van der Waals surface area contributed by atoms with Gasteiger partial charge in [0.2, 0.25) is 0 Å². The first-order valence-electron chi connectivity index (χ1n) is 18.9. The molecule has 0 amide bonds. The van der Waals surface area contributed by atoms with Crippen LogP contribution in [0.2, 0.25) is 6.55 Å². The SMILES string of the molecule is C[Si](=[Zr+2])c1ccccc1.Cc1cc2c(C3Cc4cccc5cccc3c45)cccc2[cH-]1.Cc1cc2c(C3Cc4cccc5cccc3c45)cccc2[cH-]1. The molecular weight excluding hydrogens is 732 g/mol. The summed E-state index contributed by atoms with van der Waals surface area (Å²) in [5.74, 6) is 0.984. The molecule has 2 unspecified atom stereocenters. The van der Waals surface area contributed by atoms with E-state index in [9.17, 15) is 0 Å². The monoisotopic (exact) mass is 772 g/mol. The number of benzene rings is 7. The van der Waals surface area contributed by atoms with E-state index in [2.05, 4.69) is 184 Å². The second kappa shape index (κ2) is 14.3. The predicted molar refractivity (Wildman–Crippen MR) is 225 cm³/mol. The van der Waals surface area contributed by atoms with Gasteiger partial charge in [-0.15, -0.1) is 69.1 Å². The van der Waals surface area contributed by atoms with Crippen molar-refractivity contribution >= 4 is 53.7 Å². The van der Waals surface area contributed by atoms with Crippen molar-refractivity contribution in [3.8, 4) is 0 Å². The second-order valence-corrected chi connectivity index (χ2v) is 22.4. The molecule has 9 aromatic rings. The van der Waals surface area contributed by atoms with Crippen LogP contribution in [0.15, 0.2) is 164 Å². The smallest absolute Gasteiger partial charge is 0.00476 e. The zero-order valence-corrected chi connectivity index (χ0v) is 34.1. The molecule has 254 valence electrons. The van der Waals surface area contributed by atoms with Gasteiger partial charge in [0.1, 0.15) is 0 Å². The van der Waals surface area contributed by atoms with Crippen molar-refractivity contribution in [2.24, 2.45) is 0 Å². The number of fused-ring (bicyclic) bond motifs is 2. The van der Waals surface area contributed by atoms with Crippen molar-refractivity contribution in [1.82, 2.24) is 0 Å². The van der Waals surface area contributed by atoms with Crippen LogP contribution in [0, 0.1) is 13.8 Å². The largest absolute Gasteiger partial charge is 0.165 e. The summed E-state index contributed by atoms with van der Waals surface area (Å²) in [5, 5.41) is 12.9. The quantitative estimate of drug-likeness (QED) is 0.124. The third-order valence-corrected chi connectivity index (χ3v) is 14.8. The predicted octanol–water partition coefficient (Wildman–Crippen LogP) is 12.5. The van der Waals surface area contributed by atoms with Gasteiger partial charge in [0.05, 0.1) is 0 Å². The fourth-order valence-electron chi connectivity index (χ4n) is 9.15. The van der Waals surface area contributed by atoms with Gasteiger partial charge in [0.25, 0.3) is 0 Å². The Morgan fingerprint density at radius 2 is 0.906 bits per heavy atom. The van der Waals surface area contributed by atoms with Gasteiger partial charge < -0.3 is 0 Å². The van der Waals surface area contributed by atoms with E-state index in [4.69, 9.17) is 0 Å². The standard InChI is InChI=1S/2C22H17.C7H8Si.Zr/c2*1-14-11-16-7-4-9-18(20(16)12-14)21-13-17-8-2-5-15-6-3-10-19(21)22(15)17;1-8-7-5-3-2-4-6-7;/h2*2-12,21H,13H2,1H3;2-6H,1H3;/q2*-1;;+2. The molecule has 9 aromatic carbocycles. The molecule has 11 rings (SSSR count). The summed E-state index contributed by atoms with van der Waals surface area (Å²) in [5.41, 5.74) is 11.6. The Bertz CT molecular complexity index is 2620. The summed E-state index contributed by atoms with van der Waals surface area (Å²) in [4.78, 5) is 0. The fraction of sp³-hybridized carbons (Fsp3) is 0.137. The summed E-state index contributed by atoms with van der Waals surface area (Å²) in [6.07, 6.45) is 2.25. The third kappa shape index (κ3) is 6.41. The number of aryl methyl sites for hydroxylation is 2. The van der Waals surface area contributed by atoms with Crippen LogP contribution in [0.4, 0.5) is 0 Å². The first-order chi connectivity index (χ1) is 25.9. The molecule has 0 fully saturated rings. The number of hydrogen-bond acceptors (Lipinski definition) is 0. The van der Waals surface area contributed by atoms with E-state index in [1.54, 1.807) is 28.5 Å². The zero-order chi connectivity index (χ0) is 36.1. The third-order valence-electron chi connectivity index (χ3n) is 11.5. The Labute approximate surface area is 328 Å². The van der Waals surface area contributed by atoms with Gasteiger partial charge in [0, 0.05) is 11.8 Å². The molecule has 0 N–H and O–H groups in total. The first kappa shape index (κ1) is 34.2. The van der Waals surface area contributed by atoms with Gasteiger partial charge in [-0.1, -0.05) is 110 Å². The van der Waals surface area contributed by atoms with Gasteiger partial charge >= 0.3 is 70.8 Å². The van der Waals surface area contributed by atoms with Crippen LogP contribution in [0.25, 0.3) is 43.1 Å². The van der Waals surface area contributed by atoms with Crippen molar-refractivity contribution in [2.75, 3.05) is 0 Å². The average molecular weight is 774 g/mol. The molecule has 0 bridgehead atoms. The molecule has 0 radical (unpaired) electrons. The molecular formula is C51H42SiZr. The number of rotatable bonds is 3. The van der Waals surface area contributed by atoms with E-state index in [0.717, 1.165) is 12.8 Å². The molecule has 2 aliphatic carbocycles. The molecule has 2 aliphatic rings. The summed E-state index contributed by atoms with van der Waals surface area (Å²) >= 11 is 1.69. The topological polar surface area (TPSA) is 0 Å². The molecule has 0 saturated heterocycles. The summed E-state index contributed by atoms with van der Waals surface area (Å²) in [7, 11) is 0. The maximum absolute atomic E-state index is 2.35. The van der Waals surface area contributed by atoms with Crippen LogP contribution in [0.1, 0.15) is 56.3 Å². The Balaban J connectivity index is 0.000000115. The van der Waals surface area contributed by atoms with Crippen LogP contribution in [-0.2, 0) is 36.2 Å². The van der Waals surface area contributed by atoms with Crippen molar-refractivity contribution in [2.45, 2.75) is 45.1 Å². The van der Waals surface area contributed by atoms with Gasteiger partial charge in [0.15, 0.2) is 0 Å². The van der Waals surface area contributed by atoms with Gasteiger partial charge in [-0.05, 0) is 56.6 Å². The molecule has 0 aromatic heterocycles. The van der Waals surface area contributed by atoms with Crippen molar-refractivity contribution in [1.29, 1.82) is 0 Å². The van der Waals surface area contributed by atoms with Crippen LogP contribution in [0.5, 0.6) is 0 Å². The van der Waals surface area contributed by atoms with E-state index in [0.29, 0.717) is 11.8 Å². The molecule has 53 heavy (non-hydrogen) atoms. The van der Waals surface area contributed by atoms with Crippen molar-refractivity contribution < 1.29 is 23.3 Å². The van der Waals surface area contributed by atoms with Gasteiger partial charge in [-0.25, -0.2) is 0 Å². The second-order valence-electron chi connectivity index (χ2n) is 15.0. The van der Waals surface area contributed by atoms with E-state index in [1.807, 2.05) is 0 Å². The molecule has 0 aliphatic heterocycles. The zero-order valence-electron chi connectivity index (χ0n) is 30.7. The molecule has 0 heterocycles. The summed E-state index contributed by atoms with van der Waals surface area (Å²) in [6.45, 7) is 6.72. The Morgan fingerprint density at radius 3 is 1.34 bits per heavy atom. The van der Waals surface area contributed by atoms with Crippen molar-refractivity contribution in [3.63, 3.8) is 0 Å². The van der Waals surface area contributed by atoms with Gasteiger partial charge in [-0.3, -0.25) is 0 Å². The minimum Gasteiger partial charge on any atom is -0.165 e. The van der Waals surface area contributed by atoms with Crippen LogP contribution in [0.3, 0.4) is 0 Å². The van der Waals surface area contributed by atoms with Gasteiger partial charge in [-0.2, -0.15) is 12.1 Å². The van der Waals surface area contributed by atoms with Crippen LogP contribution < -0.4 is 5.19 Å². The summed E-state index contributed by atoms with van der Waals surface area (Å²) in [6, 6.07) is 60.5. The maximum atomic E-state index is 2.35. The van der Waals surface area contributed by atoms with E-state index < -0.39 is 0 Å². The van der Waals surface area contributed by atoms with E-state index in [1.165, 1.54) is 87.6 Å². The van der Waals surface area contributed by atoms with Crippen molar-refractivity contribution in [3.05, 3.63) is 208 Å². The summed E-state index contributed by atoms with van der Waals surface area (Å²) < 4.78 is 0. The van der Waals surface area contributed by atoms with Crippen LogP contribution >= 0.6 is 0 Å². The normalized spacial score (nSPS) is 15.4. The maximum Gasteiger partial charge on any atom is 0.00476 e. The molecule has 2 heteroatoms. The van der Waals surface area contributed by atoms with E-state index in [-0.39, 0.29) is 5.43 Å². The van der Waals surface area contributed by atoms with Crippen LogP contribution in [-0.4, -0.2) is 5.43 Å². The molecule has 0 spiro atoms. The minimum atomic E-state index is -0.122. The minimum absolute atomic E-state index is 0.122. The Kier molecular flexibility index (Phi) is 9.23. The Hall–Kier alpha value is -4.62. The molecule has 2 atom stereocenters. The molecule has 0 saturated carbocycles. The first-order valence-corrected chi connectivity index (χ1v) is 24.5. The number of hydrogen-bond donors (Lipinski definition) is 0. The van der Waals surface area contributed by atoms with E-state index >= 15 is 0 Å². The average Bonchev–Trinajstić information content (AvgIpc) is 3.96. The Morgan fingerprint density at radius 1 is 0.491 bits per heavy atom.